The molecule has 0 saturated heterocycles. The summed E-state index contributed by atoms with van der Waals surface area (Å²) in [5, 5.41) is 0. The molecule has 1 rings (SSSR count). The molecule has 0 fully saturated rings. The average Bonchev–Trinajstić information content (AvgIpc) is 2.26. The highest BCUT2D eigenvalue weighted by atomic mass is 16.2. The maximum absolute atomic E-state index is 11.3. The van der Waals surface area contributed by atoms with E-state index in [4.69, 9.17) is 0 Å². The third kappa shape index (κ3) is 1.18. The third-order valence-corrected chi connectivity index (χ3v) is 1.87. The van der Waals surface area contributed by atoms with Gasteiger partial charge < -0.3 is 0 Å². The van der Waals surface area contributed by atoms with E-state index in [0.717, 1.165) is 0 Å². The monoisotopic (exact) mass is 165 g/mol. The van der Waals surface area contributed by atoms with Crippen LogP contribution in [-0.2, 0) is 9.59 Å². The zero-order chi connectivity index (χ0) is 9.30. The predicted molar refractivity (Wildman–Crippen MR) is 45.0 cm³/mol. The average molecular weight is 165 g/mol. The van der Waals surface area contributed by atoms with Gasteiger partial charge in [-0.1, -0.05) is 6.08 Å². The van der Waals surface area contributed by atoms with Gasteiger partial charge in [0.05, 0.1) is 0 Å². The molecule has 64 valence electrons. The van der Waals surface area contributed by atoms with E-state index in [-0.39, 0.29) is 11.8 Å². The molecular weight excluding hydrogens is 154 g/mol. The van der Waals surface area contributed by atoms with Crippen LogP contribution in [0.25, 0.3) is 0 Å². The molecule has 1 aliphatic rings. The van der Waals surface area contributed by atoms with Crippen molar-refractivity contribution in [3.63, 3.8) is 0 Å². The van der Waals surface area contributed by atoms with Crippen LogP contribution >= 0.6 is 0 Å². The number of hydrogen-bond donors (Lipinski definition) is 0. The van der Waals surface area contributed by atoms with E-state index in [2.05, 4.69) is 0 Å². The summed E-state index contributed by atoms with van der Waals surface area (Å²) >= 11 is 0. The molecule has 0 saturated carbocycles. The van der Waals surface area contributed by atoms with Gasteiger partial charge in [0.25, 0.3) is 11.8 Å². The van der Waals surface area contributed by atoms with Crippen LogP contribution in [0, 0.1) is 0 Å². The largest absolute Gasteiger partial charge is 0.269 e. The summed E-state index contributed by atoms with van der Waals surface area (Å²) in [6.45, 7) is 5.18. The summed E-state index contributed by atoms with van der Waals surface area (Å²) in [5.41, 5.74) is 1.18. The molecule has 0 aromatic carbocycles. The van der Waals surface area contributed by atoms with Crippen molar-refractivity contribution < 1.29 is 9.59 Å². The van der Waals surface area contributed by atoms with Gasteiger partial charge in [-0.3, -0.25) is 9.59 Å². The van der Waals surface area contributed by atoms with E-state index in [1.165, 1.54) is 11.0 Å². The van der Waals surface area contributed by atoms with Crippen molar-refractivity contribution >= 4 is 11.8 Å². The molecule has 0 radical (unpaired) electrons. The minimum atomic E-state index is -0.242. The van der Waals surface area contributed by atoms with Crippen molar-refractivity contribution in [1.29, 1.82) is 0 Å². The number of carbonyl (C=O) groups excluding carboxylic acids is 2. The Morgan fingerprint density at radius 1 is 1.50 bits per heavy atom. The van der Waals surface area contributed by atoms with Gasteiger partial charge in [-0.05, 0) is 20.8 Å². The summed E-state index contributed by atoms with van der Waals surface area (Å²) in [6.07, 6.45) is 3.09. The summed E-state index contributed by atoms with van der Waals surface area (Å²) in [5.74, 6) is -0.455. The zero-order valence-corrected chi connectivity index (χ0v) is 7.42. The second-order valence-corrected chi connectivity index (χ2v) is 2.74. The predicted octanol–water partition coefficient (Wildman–Crippen LogP) is 1.23. The molecule has 0 spiro atoms. The highest BCUT2D eigenvalue weighted by molar-refractivity contribution is 6.17. The number of hydrogen-bond acceptors (Lipinski definition) is 2. The normalized spacial score (nSPS) is 18.8. The molecule has 0 aromatic rings. The molecule has 2 amide bonds. The fraction of sp³-hybridized carbons (Fsp3) is 0.333. The van der Waals surface area contributed by atoms with Gasteiger partial charge in [0, 0.05) is 17.3 Å². The standard InChI is InChI=1S/C9H11NO2/c1-4-7(3)10-8(11)5-6(2)9(10)12/h4-5H,1-3H3. The number of rotatable bonds is 1. The van der Waals surface area contributed by atoms with Crippen LogP contribution in [0.5, 0.6) is 0 Å². The summed E-state index contributed by atoms with van der Waals surface area (Å²) in [7, 11) is 0. The first kappa shape index (κ1) is 8.71. The van der Waals surface area contributed by atoms with Crippen LogP contribution in [0.1, 0.15) is 20.8 Å². The molecule has 0 N–H and O–H groups in total. The van der Waals surface area contributed by atoms with Gasteiger partial charge >= 0.3 is 0 Å². The SMILES string of the molecule is CC=C(C)N1C(=O)C=C(C)C1=O. The second-order valence-electron chi connectivity index (χ2n) is 2.74. The van der Waals surface area contributed by atoms with E-state index in [1.54, 1.807) is 26.8 Å². The Balaban J connectivity index is 2.99. The number of nitrogens with zero attached hydrogens (tertiary/aromatic N) is 1. The van der Waals surface area contributed by atoms with Gasteiger partial charge in [0.15, 0.2) is 0 Å². The summed E-state index contributed by atoms with van der Waals surface area (Å²) in [6, 6.07) is 0. The molecule has 0 unspecified atom stereocenters. The minimum absolute atomic E-state index is 0.212. The molecule has 1 heterocycles. The Bertz CT molecular complexity index is 300. The first-order valence-electron chi connectivity index (χ1n) is 3.77. The number of carbonyl (C=O) groups is 2. The lowest BCUT2D eigenvalue weighted by atomic mass is 10.3. The lowest BCUT2D eigenvalue weighted by Crippen LogP contribution is -2.28. The lowest BCUT2D eigenvalue weighted by molar-refractivity contribution is -0.134. The highest BCUT2D eigenvalue weighted by Gasteiger charge is 2.28. The Labute approximate surface area is 71.4 Å². The second kappa shape index (κ2) is 2.93. The van der Waals surface area contributed by atoms with E-state index in [0.29, 0.717) is 11.3 Å². The molecule has 12 heavy (non-hydrogen) atoms. The molecule has 0 atom stereocenters. The van der Waals surface area contributed by atoms with E-state index in [1.807, 2.05) is 0 Å². The Kier molecular flexibility index (Phi) is 2.13. The zero-order valence-electron chi connectivity index (χ0n) is 7.42. The number of allylic oxidation sites excluding steroid dienone is 2. The van der Waals surface area contributed by atoms with Crippen LogP contribution in [-0.4, -0.2) is 16.7 Å². The summed E-state index contributed by atoms with van der Waals surface area (Å²) < 4.78 is 0. The Hall–Kier alpha value is -1.38. The van der Waals surface area contributed by atoms with E-state index < -0.39 is 0 Å². The number of imide groups is 1. The molecule has 0 aliphatic carbocycles. The van der Waals surface area contributed by atoms with E-state index >= 15 is 0 Å². The van der Waals surface area contributed by atoms with Gasteiger partial charge in [-0.15, -0.1) is 0 Å². The van der Waals surface area contributed by atoms with Crippen LogP contribution in [0.3, 0.4) is 0 Å². The van der Waals surface area contributed by atoms with Crippen molar-refractivity contribution in [2.75, 3.05) is 0 Å². The van der Waals surface area contributed by atoms with Crippen molar-refractivity contribution in [1.82, 2.24) is 4.90 Å². The molecule has 1 aliphatic heterocycles. The quantitative estimate of drug-likeness (QED) is 0.548. The maximum Gasteiger partial charge on any atom is 0.260 e. The minimum Gasteiger partial charge on any atom is -0.269 e. The van der Waals surface area contributed by atoms with Gasteiger partial charge in [-0.2, -0.15) is 0 Å². The molecule has 3 heteroatoms. The Morgan fingerprint density at radius 3 is 2.42 bits per heavy atom. The smallest absolute Gasteiger partial charge is 0.260 e. The van der Waals surface area contributed by atoms with Crippen molar-refractivity contribution in [3.05, 3.63) is 23.4 Å². The first-order valence-corrected chi connectivity index (χ1v) is 3.77. The van der Waals surface area contributed by atoms with Gasteiger partial charge in [0.2, 0.25) is 0 Å². The Morgan fingerprint density at radius 2 is 2.08 bits per heavy atom. The van der Waals surface area contributed by atoms with Crippen LogP contribution in [0.15, 0.2) is 23.4 Å². The van der Waals surface area contributed by atoms with Crippen LogP contribution in [0.4, 0.5) is 0 Å². The highest BCUT2D eigenvalue weighted by Crippen LogP contribution is 2.16. The molecule has 3 nitrogen and oxygen atoms in total. The summed E-state index contributed by atoms with van der Waals surface area (Å²) in [4.78, 5) is 23.7. The molecule has 0 aromatic heterocycles. The van der Waals surface area contributed by atoms with Crippen molar-refractivity contribution in [2.45, 2.75) is 20.8 Å². The van der Waals surface area contributed by atoms with Crippen molar-refractivity contribution in [3.8, 4) is 0 Å². The van der Waals surface area contributed by atoms with Gasteiger partial charge in [-0.25, -0.2) is 4.90 Å². The topological polar surface area (TPSA) is 37.4 Å². The maximum atomic E-state index is 11.3. The fourth-order valence-corrected chi connectivity index (χ4v) is 1.05. The molecule has 0 bridgehead atoms. The van der Waals surface area contributed by atoms with Crippen LogP contribution in [0.2, 0.25) is 0 Å². The van der Waals surface area contributed by atoms with Crippen LogP contribution < -0.4 is 0 Å². The van der Waals surface area contributed by atoms with Crippen molar-refractivity contribution in [2.24, 2.45) is 0 Å². The first-order chi connectivity index (χ1) is 5.57. The van der Waals surface area contributed by atoms with E-state index in [9.17, 15) is 9.59 Å². The van der Waals surface area contributed by atoms with Gasteiger partial charge in [0.1, 0.15) is 0 Å². The fourth-order valence-electron chi connectivity index (χ4n) is 1.05. The number of amides is 2. The third-order valence-electron chi connectivity index (χ3n) is 1.87. The molecular formula is C9H11NO2. The lowest BCUT2D eigenvalue weighted by Gasteiger charge is -2.13.